The lowest BCUT2D eigenvalue weighted by molar-refractivity contribution is -0.149. The number of rotatable bonds is 17. The monoisotopic (exact) mass is 1140 g/mol. The summed E-state index contributed by atoms with van der Waals surface area (Å²) in [5.41, 5.74) is 8.25. The number of amides is 4. The number of likely N-dealkylation sites (tertiary alicyclic amines) is 1. The van der Waals surface area contributed by atoms with Crippen LogP contribution in [-0.2, 0) is 23.9 Å². The molecule has 3 N–H and O–H groups in total. The second kappa shape index (κ2) is 23.3. The van der Waals surface area contributed by atoms with E-state index in [0.717, 1.165) is 61.4 Å². The average Bonchev–Trinajstić information content (AvgIpc) is 4.32. The molecule has 4 aromatic heterocycles. The third-order valence-corrected chi connectivity index (χ3v) is 18.0. The lowest BCUT2D eigenvalue weighted by Crippen LogP contribution is -2.57. The summed E-state index contributed by atoms with van der Waals surface area (Å²) in [6.07, 6.45) is 8.99. The van der Waals surface area contributed by atoms with Crippen molar-refractivity contribution in [3.63, 3.8) is 0 Å². The van der Waals surface area contributed by atoms with E-state index >= 15 is 0 Å². The van der Waals surface area contributed by atoms with Crippen LogP contribution in [0.5, 0.6) is 5.75 Å². The van der Waals surface area contributed by atoms with Gasteiger partial charge in [-0.1, -0.05) is 76.6 Å². The zero-order valence-electron chi connectivity index (χ0n) is 46.6. The Morgan fingerprint density at radius 1 is 0.963 bits per heavy atom. The van der Waals surface area contributed by atoms with Crippen LogP contribution in [0.1, 0.15) is 148 Å². The number of halogens is 1. The van der Waals surface area contributed by atoms with E-state index in [-0.39, 0.29) is 61.0 Å². The predicted octanol–water partition coefficient (Wildman–Crippen LogP) is 10.6. The predicted molar refractivity (Wildman–Crippen MR) is 310 cm³/mol. The summed E-state index contributed by atoms with van der Waals surface area (Å²) in [7, 11) is 0. The van der Waals surface area contributed by atoms with Gasteiger partial charge in [0.15, 0.2) is 11.6 Å². The number of aliphatic imine (C=N–C) groups is 1. The highest BCUT2D eigenvalue weighted by Crippen LogP contribution is 2.41. The number of allylic oxidation sites excluding steroid dienone is 4. The van der Waals surface area contributed by atoms with Crippen LogP contribution < -0.4 is 20.7 Å². The minimum absolute atomic E-state index is 0.00959. The van der Waals surface area contributed by atoms with Gasteiger partial charge < -0.3 is 34.7 Å². The maximum absolute atomic E-state index is 14.8. The standard InChI is InChI=1S/C60H68ClN9O8S2/c1-10-11-12-50(72)77-44-27-46(56(73)63-32(3)36-13-15-38(16-14-36)53-33(4)62-30-79-53)69(29-44)58(75)54(60(7,8)9)66-57(74)48-24-39-23-42(21-22-47(39)78-48)76-43-25-41(26-43)64-49(71)28-45-55-68-67-35(6)70(55)59-51(31(2)34(5)80-59)52(65-45)37-17-19-40(61)20-18-37/h13-19,21-24,30,32,40-41,43-46,54H,10-12,20,25-29H2,1-9H3,(H,63,73)(H,64,71)(H,66,74)/t32-,40?,41?,43?,44?,45?,46-,54+/m0/s1. The zero-order chi connectivity index (χ0) is 56.7. The Hall–Kier alpha value is -6.96. The van der Waals surface area contributed by atoms with Crippen molar-refractivity contribution in [1.82, 2.24) is 40.6 Å². The summed E-state index contributed by atoms with van der Waals surface area (Å²) in [4.78, 5) is 83.2. The first-order valence-electron chi connectivity index (χ1n) is 27.5. The molecule has 0 spiro atoms. The van der Waals surface area contributed by atoms with Crippen LogP contribution >= 0.6 is 34.3 Å². The second-order valence-corrected chi connectivity index (χ2v) is 25.1. The largest absolute Gasteiger partial charge is 0.490 e. The number of furan rings is 1. The summed E-state index contributed by atoms with van der Waals surface area (Å²) in [5.74, 6) is -0.110. The number of carbonyl (C=O) groups is 5. The van der Waals surface area contributed by atoms with Gasteiger partial charge in [-0.2, -0.15) is 0 Å². The van der Waals surface area contributed by atoms with E-state index in [1.807, 2.05) is 95.0 Å². The van der Waals surface area contributed by atoms with Gasteiger partial charge in [-0.25, -0.2) is 4.98 Å². The number of benzene rings is 2. The van der Waals surface area contributed by atoms with Crippen LogP contribution in [0.4, 0.5) is 0 Å². The van der Waals surface area contributed by atoms with Crippen molar-refractivity contribution >= 4 is 80.6 Å². The van der Waals surface area contributed by atoms with Gasteiger partial charge in [0.05, 0.1) is 46.2 Å². The maximum atomic E-state index is 14.8. The number of carbonyl (C=O) groups excluding carboxylic acids is 5. The SMILES string of the molecule is CCCCC(=O)OC1C[C@@H](C(=O)N[C@@H](C)c2ccc(-c3scnc3C)cc2)N(C(=O)[C@@H](NC(=O)c2cc3cc(OC4CC(NC(=O)CC5N=C(C6=CCC(Cl)C=C6)c6c(sc(C)c6C)-n6c(C)nnc65)C4)ccc3o2)C(C)(C)C)C1. The zero-order valence-corrected chi connectivity index (χ0v) is 48.9. The van der Waals surface area contributed by atoms with Gasteiger partial charge in [0.1, 0.15) is 52.5 Å². The first-order chi connectivity index (χ1) is 38.2. The fourth-order valence-electron chi connectivity index (χ4n) is 10.8. The molecule has 17 nitrogen and oxygen atoms in total. The number of ether oxygens (including phenoxy) is 2. The number of hydrogen-bond acceptors (Lipinski definition) is 14. The summed E-state index contributed by atoms with van der Waals surface area (Å²) in [5, 5.41) is 19.7. The molecule has 4 aliphatic rings. The molecule has 2 aliphatic heterocycles. The van der Waals surface area contributed by atoms with Gasteiger partial charge in [-0.05, 0) is 99.4 Å². The Morgan fingerprint density at radius 3 is 2.44 bits per heavy atom. The van der Waals surface area contributed by atoms with Crippen molar-refractivity contribution in [3.8, 4) is 21.2 Å². The average molecular weight is 1140 g/mol. The minimum Gasteiger partial charge on any atom is -0.490 e. The van der Waals surface area contributed by atoms with Crippen LogP contribution in [0.15, 0.2) is 87.3 Å². The molecule has 3 unspecified atom stereocenters. The molecule has 6 heterocycles. The number of aromatic nitrogens is 4. The Kier molecular flexibility index (Phi) is 16.4. The van der Waals surface area contributed by atoms with E-state index < -0.39 is 53.4 Å². The molecule has 2 aromatic carbocycles. The van der Waals surface area contributed by atoms with Crippen molar-refractivity contribution in [2.75, 3.05) is 6.54 Å². The number of thiophene rings is 1. The van der Waals surface area contributed by atoms with Crippen molar-refractivity contribution in [3.05, 3.63) is 123 Å². The van der Waals surface area contributed by atoms with Crippen LogP contribution in [-0.4, -0.2) is 102 Å². The number of hydrogen-bond donors (Lipinski definition) is 3. The molecule has 4 amide bonds. The molecule has 6 aromatic rings. The van der Waals surface area contributed by atoms with Gasteiger partial charge in [-0.15, -0.1) is 44.5 Å². The number of fused-ring (bicyclic) bond motifs is 4. The minimum atomic E-state index is -1.10. The molecule has 80 heavy (non-hydrogen) atoms. The molecule has 420 valence electrons. The summed E-state index contributed by atoms with van der Waals surface area (Å²) < 4.78 is 20.3. The first kappa shape index (κ1) is 56.3. The van der Waals surface area contributed by atoms with E-state index in [0.29, 0.717) is 48.2 Å². The van der Waals surface area contributed by atoms with Crippen molar-refractivity contribution in [2.45, 2.75) is 161 Å². The molecular formula is C60H68ClN9O8S2. The molecule has 2 fully saturated rings. The van der Waals surface area contributed by atoms with Crippen LogP contribution in [0.2, 0.25) is 0 Å². The smallest absolute Gasteiger partial charge is 0.306 e. The molecule has 2 aliphatic carbocycles. The number of nitrogens with one attached hydrogen (secondary N) is 3. The number of esters is 1. The van der Waals surface area contributed by atoms with Gasteiger partial charge >= 0.3 is 5.97 Å². The highest BCUT2D eigenvalue weighted by molar-refractivity contribution is 7.15. The van der Waals surface area contributed by atoms with Crippen molar-refractivity contribution in [2.24, 2.45) is 10.4 Å². The van der Waals surface area contributed by atoms with Gasteiger partial charge in [0.2, 0.25) is 17.7 Å². The van der Waals surface area contributed by atoms with Crippen molar-refractivity contribution in [1.29, 1.82) is 0 Å². The number of nitrogens with zero attached hydrogens (tertiary/aromatic N) is 6. The molecular weight excluding hydrogens is 1070 g/mol. The Balaban J connectivity index is 0.774. The van der Waals surface area contributed by atoms with Crippen LogP contribution in [0, 0.1) is 33.1 Å². The maximum Gasteiger partial charge on any atom is 0.306 e. The second-order valence-electron chi connectivity index (χ2n) is 22.5. The number of aryl methyl sites for hydroxylation is 3. The highest BCUT2D eigenvalue weighted by atomic mass is 35.5. The van der Waals surface area contributed by atoms with Gasteiger partial charge in [0.25, 0.3) is 5.91 Å². The summed E-state index contributed by atoms with van der Waals surface area (Å²) in [6, 6.07) is 11.7. The fourth-order valence-corrected chi connectivity index (χ4v) is 13.0. The Morgan fingerprint density at radius 2 is 1.74 bits per heavy atom. The summed E-state index contributed by atoms with van der Waals surface area (Å²) >= 11 is 9.67. The molecule has 1 saturated heterocycles. The van der Waals surface area contributed by atoms with E-state index in [1.54, 1.807) is 46.9 Å². The number of thiazole rings is 1. The normalized spacial score (nSPS) is 21.3. The van der Waals surface area contributed by atoms with Crippen LogP contribution in [0.3, 0.4) is 0 Å². The molecule has 0 bridgehead atoms. The van der Waals surface area contributed by atoms with E-state index in [2.05, 4.69) is 51.1 Å². The lowest BCUT2D eigenvalue weighted by Gasteiger charge is -2.36. The fraction of sp³-hybridized carbons (Fsp3) is 0.450. The van der Waals surface area contributed by atoms with E-state index in [4.69, 9.17) is 30.5 Å². The first-order valence-corrected chi connectivity index (χ1v) is 29.6. The molecule has 0 radical (unpaired) electrons. The highest BCUT2D eigenvalue weighted by Gasteiger charge is 2.47. The molecule has 10 rings (SSSR count). The number of unbranched alkanes of at least 4 members (excludes halogenated alkanes) is 1. The van der Waals surface area contributed by atoms with Gasteiger partial charge in [0, 0.05) is 47.6 Å². The number of alkyl halides is 1. The van der Waals surface area contributed by atoms with Gasteiger partial charge in [-0.3, -0.25) is 33.5 Å². The van der Waals surface area contributed by atoms with Crippen molar-refractivity contribution < 1.29 is 37.9 Å². The third-order valence-electron chi connectivity index (χ3n) is 15.5. The Bertz CT molecular complexity index is 3450. The van der Waals surface area contributed by atoms with E-state index in [9.17, 15) is 24.0 Å². The van der Waals surface area contributed by atoms with Crippen LogP contribution in [0.25, 0.3) is 26.4 Å². The van der Waals surface area contributed by atoms with E-state index in [1.165, 1.54) is 9.78 Å². The lowest BCUT2D eigenvalue weighted by atomic mass is 9.85. The molecule has 6 atom stereocenters. The molecule has 1 saturated carbocycles. The third kappa shape index (κ3) is 11.9. The summed E-state index contributed by atoms with van der Waals surface area (Å²) in [6.45, 7) is 17.5. The molecule has 20 heteroatoms. The quantitative estimate of drug-likeness (QED) is 0.0577. The topological polar surface area (TPSA) is 212 Å². The Labute approximate surface area is 478 Å².